The number of carbonyl (C=O) groups is 1. The van der Waals surface area contributed by atoms with E-state index in [4.69, 9.17) is 4.74 Å². The molecule has 1 saturated heterocycles. The number of amides is 1. The molecule has 0 bridgehead atoms. The molecular weight excluding hydrogens is 427 g/mol. The molecule has 176 valence electrons. The Labute approximate surface area is 184 Å². The van der Waals surface area contributed by atoms with Crippen LogP contribution in [0, 0.1) is 12.3 Å². The third-order valence-electron chi connectivity index (χ3n) is 5.42. The number of ether oxygens (including phenoxy) is 2. The molecule has 0 spiro atoms. The highest BCUT2D eigenvalue weighted by atomic mass is 19.4. The van der Waals surface area contributed by atoms with E-state index >= 15 is 0 Å². The zero-order chi connectivity index (χ0) is 23.7. The molecule has 0 aromatic carbocycles. The van der Waals surface area contributed by atoms with Gasteiger partial charge in [-0.3, -0.25) is 9.48 Å². The highest BCUT2D eigenvalue weighted by molar-refractivity contribution is 5.82. The second kappa shape index (κ2) is 8.97. The molecule has 1 amide bonds. The second-order valence-corrected chi connectivity index (χ2v) is 8.78. The molecule has 1 aliphatic rings. The van der Waals surface area contributed by atoms with Crippen LogP contribution in [0.15, 0.2) is 24.5 Å². The van der Waals surface area contributed by atoms with Crippen molar-refractivity contribution in [3.63, 3.8) is 0 Å². The van der Waals surface area contributed by atoms with E-state index in [1.807, 2.05) is 27.2 Å². The Morgan fingerprint density at radius 1 is 1.28 bits per heavy atom. The van der Waals surface area contributed by atoms with Crippen LogP contribution in [-0.2, 0) is 11.8 Å². The summed E-state index contributed by atoms with van der Waals surface area (Å²) in [4.78, 5) is 19.0. The molecule has 2 aromatic rings. The van der Waals surface area contributed by atoms with Crippen LogP contribution in [0.2, 0.25) is 0 Å². The van der Waals surface area contributed by atoms with Crippen LogP contribution < -0.4 is 14.8 Å². The fraction of sp³-hybridized carbons (Fsp3) is 0.571. The van der Waals surface area contributed by atoms with Gasteiger partial charge in [-0.05, 0) is 45.5 Å². The minimum atomic E-state index is -4.87. The van der Waals surface area contributed by atoms with Crippen LogP contribution in [0.4, 0.5) is 13.2 Å². The van der Waals surface area contributed by atoms with Gasteiger partial charge >= 0.3 is 6.36 Å². The van der Waals surface area contributed by atoms with Crippen LogP contribution in [-0.4, -0.2) is 64.7 Å². The van der Waals surface area contributed by atoms with E-state index in [2.05, 4.69) is 25.0 Å². The monoisotopic (exact) mass is 455 g/mol. The molecule has 2 atom stereocenters. The van der Waals surface area contributed by atoms with Gasteiger partial charge in [0.15, 0.2) is 5.75 Å². The number of aryl methyl sites for hydroxylation is 2. The Kier molecular flexibility index (Phi) is 6.68. The van der Waals surface area contributed by atoms with Gasteiger partial charge in [-0.15, -0.1) is 13.2 Å². The summed E-state index contributed by atoms with van der Waals surface area (Å²) in [5, 5.41) is 7.50. The first kappa shape index (κ1) is 23.8. The maximum Gasteiger partial charge on any atom is 0.573 e. The first-order chi connectivity index (χ1) is 14.9. The number of nitrogens with zero attached hydrogens (tertiary/aromatic N) is 4. The molecule has 0 radical (unpaired) electrons. The molecule has 11 heteroatoms. The van der Waals surface area contributed by atoms with Crippen LogP contribution in [0.25, 0.3) is 0 Å². The number of hydrogen-bond donors (Lipinski definition) is 1. The number of pyridine rings is 1. The van der Waals surface area contributed by atoms with Gasteiger partial charge in [0.25, 0.3) is 5.88 Å². The smallest absolute Gasteiger partial charge is 0.474 e. The molecule has 3 heterocycles. The third kappa shape index (κ3) is 5.70. The molecule has 8 nitrogen and oxygen atoms in total. The Balaban J connectivity index is 1.67. The molecule has 32 heavy (non-hydrogen) atoms. The third-order valence-corrected chi connectivity index (χ3v) is 5.42. The fourth-order valence-electron chi connectivity index (χ4n) is 3.81. The van der Waals surface area contributed by atoms with Gasteiger partial charge in [-0.25, -0.2) is 4.98 Å². The van der Waals surface area contributed by atoms with Crippen molar-refractivity contribution in [1.29, 1.82) is 0 Å². The molecule has 2 unspecified atom stereocenters. The number of rotatable bonds is 7. The number of halogens is 3. The fourth-order valence-corrected chi connectivity index (χ4v) is 3.81. The lowest BCUT2D eigenvalue weighted by Gasteiger charge is -2.28. The summed E-state index contributed by atoms with van der Waals surface area (Å²) in [7, 11) is 3.85. The number of likely N-dealkylation sites (N-methyl/N-ethyl adjacent to an activating group) is 1. The number of likely N-dealkylation sites (tertiary alicyclic amines) is 1. The van der Waals surface area contributed by atoms with Crippen molar-refractivity contribution in [2.24, 2.45) is 12.5 Å². The van der Waals surface area contributed by atoms with Crippen molar-refractivity contribution < 1.29 is 27.4 Å². The molecule has 0 saturated carbocycles. The second-order valence-electron chi connectivity index (χ2n) is 8.78. The van der Waals surface area contributed by atoms with E-state index in [1.54, 1.807) is 18.5 Å². The van der Waals surface area contributed by atoms with Gasteiger partial charge < -0.3 is 19.7 Å². The van der Waals surface area contributed by atoms with E-state index in [1.165, 1.54) is 12.3 Å². The summed E-state index contributed by atoms with van der Waals surface area (Å²) in [6, 6.07) is 2.29. The standard InChI is InChI=1S/C21H28F3N5O3/c1-13-14(10-29(5)27-13)15-9-28(4)11-16(15)26-19(30)20(2,3)12-31-18-17(7-6-8-25-18)32-21(22,23)24/h6-8,10,15-16H,9,11-12H2,1-5H3,(H,26,30). The zero-order valence-corrected chi connectivity index (χ0v) is 18.7. The molecular formula is C21H28F3N5O3. The number of nitrogens with one attached hydrogen (secondary N) is 1. The Hall–Kier alpha value is -2.82. The number of aromatic nitrogens is 3. The summed E-state index contributed by atoms with van der Waals surface area (Å²) in [6.07, 6.45) is -1.61. The summed E-state index contributed by atoms with van der Waals surface area (Å²) < 4.78 is 49.0. The molecule has 1 N–H and O–H groups in total. The molecule has 0 aliphatic carbocycles. The SMILES string of the molecule is Cc1nn(C)cc1C1CN(C)CC1NC(=O)C(C)(C)COc1ncccc1OC(F)(F)F. The lowest BCUT2D eigenvalue weighted by molar-refractivity contribution is -0.275. The van der Waals surface area contributed by atoms with E-state index in [-0.39, 0.29) is 30.4 Å². The molecule has 1 aliphatic heterocycles. The van der Waals surface area contributed by atoms with Gasteiger partial charge in [-0.1, -0.05) is 0 Å². The van der Waals surface area contributed by atoms with Crippen molar-refractivity contribution in [2.75, 3.05) is 26.7 Å². The Morgan fingerprint density at radius 3 is 2.62 bits per heavy atom. The van der Waals surface area contributed by atoms with E-state index < -0.39 is 17.5 Å². The maximum absolute atomic E-state index is 13.1. The van der Waals surface area contributed by atoms with Gasteiger partial charge in [0.05, 0.1) is 11.1 Å². The molecule has 2 aromatic heterocycles. The number of hydrogen-bond acceptors (Lipinski definition) is 6. The minimum absolute atomic E-state index is 0.0805. The van der Waals surface area contributed by atoms with E-state index in [0.29, 0.717) is 6.54 Å². The average molecular weight is 455 g/mol. The van der Waals surface area contributed by atoms with Crippen molar-refractivity contribution in [2.45, 2.75) is 39.1 Å². The van der Waals surface area contributed by atoms with E-state index in [9.17, 15) is 18.0 Å². The van der Waals surface area contributed by atoms with Crippen molar-refractivity contribution in [3.8, 4) is 11.6 Å². The highest BCUT2D eigenvalue weighted by Gasteiger charge is 2.39. The predicted octanol–water partition coefficient (Wildman–Crippen LogP) is 2.64. The molecule has 1 fully saturated rings. The van der Waals surface area contributed by atoms with Gasteiger partial charge in [-0.2, -0.15) is 5.10 Å². The lowest BCUT2D eigenvalue weighted by Crippen LogP contribution is -2.48. The summed E-state index contributed by atoms with van der Waals surface area (Å²) >= 11 is 0. The van der Waals surface area contributed by atoms with Crippen LogP contribution in [0.3, 0.4) is 0 Å². The number of carbonyl (C=O) groups excluding carboxylic acids is 1. The lowest BCUT2D eigenvalue weighted by atomic mass is 9.90. The largest absolute Gasteiger partial charge is 0.573 e. The number of alkyl halides is 3. The first-order valence-electron chi connectivity index (χ1n) is 10.2. The maximum atomic E-state index is 13.1. The van der Waals surface area contributed by atoms with Crippen molar-refractivity contribution >= 4 is 5.91 Å². The van der Waals surface area contributed by atoms with E-state index in [0.717, 1.165) is 23.9 Å². The topological polar surface area (TPSA) is 81.5 Å². The van der Waals surface area contributed by atoms with Gasteiger partial charge in [0.2, 0.25) is 5.91 Å². The minimum Gasteiger partial charge on any atom is -0.474 e. The van der Waals surface area contributed by atoms with Crippen LogP contribution in [0.1, 0.15) is 31.0 Å². The quantitative estimate of drug-likeness (QED) is 0.692. The van der Waals surface area contributed by atoms with Crippen molar-refractivity contribution in [3.05, 3.63) is 35.8 Å². The van der Waals surface area contributed by atoms with Gasteiger partial charge in [0, 0.05) is 44.5 Å². The Morgan fingerprint density at radius 2 is 2.00 bits per heavy atom. The summed E-state index contributed by atoms with van der Waals surface area (Å²) in [5.41, 5.74) is 0.975. The summed E-state index contributed by atoms with van der Waals surface area (Å²) in [6.45, 7) is 6.55. The normalized spacial score (nSPS) is 19.8. The Bertz CT molecular complexity index is 960. The zero-order valence-electron chi connectivity index (χ0n) is 18.7. The van der Waals surface area contributed by atoms with Crippen molar-refractivity contribution in [1.82, 2.24) is 25.0 Å². The van der Waals surface area contributed by atoms with Gasteiger partial charge in [0.1, 0.15) is 6.61 Å². The predicted molar refractivity (Wildman–Crippen MR) is 110 cm³/mol. The highest BCUT2D eigenvalue weighted by Crippen LogP contribution is 2.32. The average Bonchev–Trinajstić information content (AvgIpc) is 3.20. The summed E-state index contributed by atoms with van der Waals surface area (Å²) in [5.74, 6) is -1.06. The van der Waals surface area contributed by atoms with Crippen LogP contribution >= 0.6 is 0 Å². The van der Waals surface area contributed by atoms with Crippen LogP contribution in [0.5, 0.6) is 11.6 Å². The first-order valence-corrected chi connectivity index (χ1v) is 10.2. The molecule has 3 rings (SSSR count).